The van der Waals surface area contributed by atoms with E-state index in [0.29, 0.717) is 24.3 Å². The summed E-state index contributed by atoms with van der Waals surface area (Å²) in [5.74, 6) is 0.647. The van der Waals surface area contributed by atoms with Crippen LogP contribution in [0.15, 0.2) is 11.6 Å². The van der Waals surface area contributed by atoms with Crippen LogP contribution in [0.1, 0.15) is 51.4 Å². The largest absolute Gasteiger partial charge is 0.294 e. The minimum Gasteiger partial charge on any atom is -0.294 e. The van der Waals surface area contributed by atoms with Gasteiger partial charge in [-0.2, -0.15) is 0 Å². The Hall–Kier alpha value is -0.920. The zero-order valence-corrected chi connectivity index (χ0v) is 9.13. The standard InChI is InChI=1S/C13H18O2/c14-12-7-4-8-13(15)11(12)9-10-5-2-1-3-6-10/h9-10H,1-8H2. The highest BCUT2D eigenvalue weighted by molar-refractivity contribution is 6.21. The fourth-order valence-electron chi connectivity index (χ4n) is 2.56. The summed E-state index contributed by atoms with van der Waals surface area (Å²) in [7, 11) is 0. The Labute approximate surface area is 90.7 Å². The molecule has 2 aliphatic carbocycles. The van der Waals surface area contributed by atoms with E-state index in [1.807, 2.05) is 6.08 Å². The molecule has 0 N–H and O–H groups in total. The van der Waals surface area contributed by atoms with Crippen molar-refractivity contribution < 1.29 is 9.59 Å². The molecule has 0 spiro atoms. The molecule has 0 aromatic carbocycles. The highest BCUT2D eigenvalue weighted by Gasteiger charge is 2.24. The summed E-state index contributed by atoms with van der Waals surface area (Å²) in [5, 5.41) is 0. The van der Waals surface area contributed by atoms with Gasteiger partial charge in [-0.1, -0.05) is 25.3 Å². The van der Waals surface area contributed by atoms with E-state index in [1.165, 1.54) is 19.3 Å². The van der Waals surface area contributed by atoms with Crippen molar-refractivity contribution in [3.8, 4) is 0 Å². The molecular weight excluding hydrogens is 188 g/mol. The minimum atomic E-state index is 0.0804. The van der Waals surface area contributed by atoms with Crippen molar-refractivity contribution in [3.05, 3.63) is 11.6 Å². The number of Topliss-reactive ketones (excluding diaryl/α,β-unsaturated/α-hetero) is 2. The van der Waals surface area contributed by atoms with Gasteiger partial charge in [0.25, 0.3) is 0 Å². The molecule has 0 saturated heterocycles. The predicted octanol–water partition coefficient (Wildman–Crippen LogP) is 2.82. The van der Waals surface area contributed by atoms with Crippen LogP contribution in [0, 0.1) is 5.92 Å². The van der Waals surface area contributed by atoms with Gasteiger partial charge in [0.1, 0.15) is 0 Å². The van der Waals surface area contributed by atoms with Crippen molar-refractivity contribution in [1.82, 2.24) is 0 Å². The van der Waals surface area contributed by atoms with Crippen LogP contribution in [0.3, 0.4) is 0 Å². The van der Waals surface area contributed by atoms with Gasteiger partial charge in [0.15, 0.2) is 11.6 Å². The number of ketones is 2. The van der Waals surface area contributed by atoms with Gasteiger partial charge in [0, 0.05) is 12.8 Å². The maximum Gasteiger partial charge on any atom is 0.166 e. The lowest BCUT2D eigenvalue weighted by Crippen LogP contribution is -2.20. The number of rotatable bonds is 1. The van der Waals surface area contributed by atoms with Crippen molar-refractivity contribution in [2.24, 2.45) is 5.92 Å². The third-order valence-corrected chi connectivity index (χ3v) is 3.46. The Kier molecular flexibility index (Phi) is 3.34. The highest BCUT2D eigenvalue weighted by Crippen LogP contribution is 2.27. The zero-order valence-electron chi connectivity index (χ0n) is 9.13. The Morgan fingerprint density at radius 1 is 0.867 bits per heavy atom. The van der Waals surface area contributed by atoms with Crippen molar-refractivity contribution in [1.29, 1.82) is 0 Å². The van der Waals surface area contributed by atoms with Crippen molar-refractivity contribution in [2.45, 2.75) is 51.4 Å². The molecule has 2 heteroatoms. The molecule has 82 valence electrons. The smallest absolute Gasteiger partial charge is 0.166 e. The van der Waals surface area contributed by atoms with Crippen LogP contribution in [-0.4, -0.2) is 11.6 Å². The van der Waals surface area contributed by atoms with E-state index in [9.17, 15) is 9.59 Å². The molecule has 0 unspecified atom stereocenters. The van der Waals surface area contributed by atoms with Crippen LogP contribution >= 0.6 is 0 Å². The predicted molar refractivity (Wildman–Crippen MR) is 58.5 cm³/mol. The molecule has 0 aromatic heterocycles. The molecule has 15 heavy (non-hydrogen) atoms. The summed E-state index contributed by atoms with van der Waals surface area (Å²) in [6, 6.07) is 0. The number of allylic oxidation sites excluding steroid dienone is 2. The van der Waals surface area contributed by atoms with Gasteiger partial charge < -0.3 is 0 Å². The summed E-state index contributed by atoms with van der Waals surface area (Å²) in [4.78, 5) is 23.2. The average Bonchev–Trinajstić information content (AvgIpc) is 2.25. The van der Waals surface area contributed by atoms with Crippen LogP contribution in [-0.2, 0) is 9.59 Å². The summed E-state index contributed by atoms with van der Waals surface area (Å²) >= 11 is 0. The molecule has 0 amide bonds. The molecule has 2 fully saturated rings. The fraction of sp³-hybridized carbons (Fsp3) is 0.692. The Morgan fingerprint density at radius 3 is 2.07 bits per heavy atom. The van der Waals surface area contributed by atoms with Crippen LogP contribution < -0.4 is 0 Å². The lowest BCUT2D eigenvalue weighted by molar-refractivity contribution is -0.123. The number of hydrogen-bond donors (Lipinski definition) is 0. The second kappa shape index (κ2) is 4.73. The topological polar surface area (TPSA) is 34.1 Å². The zero-order chi connectivity index (χ0) is 10.7. The molecule has 0 aromatic rings. The minimum absolute atomic E-state index is 0.0804. The number of carbonyl (C=O) groups excluding carboxylic acids is 2. The van der Waals surface area contributed by atoms with E-state index < -0.39 is 0 Å². The van der Waals surface area contributed by atoms with Gasteiger partial charge in [-0.15, -0.1) is 0 Å². The summed E-state index contributed by atoms with van der Waals surface area (Å²) in [6.45, 7) is 0. The molecule has 2 nitrogen and oxygen atoms in total. The lowest BCUT2D eigenvalue weighted by atomic mass is 9.84. The number of hydrogen-bond acceptors (Lipinski definition) is 2. The SMILES string of the molecule is O=C1CCCC(=O)C1=CC1CCCCC1. The molecular formula is C13H18O2. The third kappa shape index (κ3) is 2.55. The first kappa shape index (κ1) is 10.6. The molecule has 0 bridgehead atoms. The van der Waals surface area contributed by atoms with Gasteiger partial charge in [0.2, 0.25) is 0 Å². The first-order valence-corrected chi connectivity index (χ1v) is 6.05. The van der Waals surface area contributed by atoms with Crippen LogP contribution in [0.2, 0.25) is 0 Å². The van der Waals surface area contributed by atoms with Gasteiger partial charge in [0.05, 0.1) is 5.57 Å². The van der Waals surface area contributed by atoms with E-state index in [4.69, 9.17) is 0 Å². The highest BCUT2D eigenvalue weighted by atomic mass is 16.1. The van der Waals surface area contributed by atoms with E-state index in [0.717, 1.165) is 19.3 Å². The van der Waals surface area contributed by atoms with Crippen LogP contribution in [0.25, 0.3) is 0 Å². The molecule has 2 rings (SSSR count). The van der Waals surface area contributed by atoms with Crippen molar-refractivity contribution in [2.75, 3.05) is 0 Å². The Morgan fingerprint density at radius 2 is 1.47 bits per heavy atom. The van der Waals surface area contributed by atoms with E-state index >= 15 is 0 Å². The van der Waals surface area contributed by atoms with Gasteiger partial charge >= 0.3 is 0 Å². The van der Waals surface area contributed by atoms with Gasteiger partial charge in [-0.25, -0.2) is 0 Å². The first-order valence-electron chi connectivity index (χ1n) is 6.05. The normalized spacial score (nSPS) is 24.4. The van der Waals surface area contributed by atoms with Gasteiger partial charge in [-0.05, 0) is 25.2 Å². The quantitative estimate of drug-likeness (QED) is 0.488. The van der Waals surface area contributed by atoms with E-state index in [1.54, 1.807) is 0 Å². The molecule has 0 heterocycles. The lowest BCUT2D eigenvalue weighted by Gasteiger charge is -2.20. The maximum atomic E-state index is 11.6. The second-order valence-corrected chi connectivity index (χ2v) is 4.68. The van der Waals surface area contributed by atoms with Crippen molar-refractivity contribution >= 4 is 11.6 Å². The fourth-order valence-corrected chi connectivity index (χ4v) is 2.56. The van der Waals surface area contributed by atoms with Crippen molar-refractivity contribution in [3.63, 3.8) is 0 Å². The molecule has 0 radical (unpaired) electrons. The number of carbonyl (C=O) groups is 2. The maximum absolute atomic E-state index is 11.6. The van der Waals surface area contributed by atoms with Gasteiger partial charge in [-0.3, -0.25) is 9.59 Å². The first-order chi connectivity index (χ1) is 7.27. The summed E-state index contributed by atoms with van der Waals surface area (Å²) in [6.07, 6.45) is 9.99. The molecule has 0 atom stereocenters. The van der Waals surface area contributed by atoms with E-state index in [-0.39, 0.29) is 11.6 Å². The average molecular weight is 206 g/mol. The molecule has 2 aliphatic rings. The summed E-state index contributed by atoms with van der Waals surface area (Å²) < 4.78 is 0. The van der Waals surface area contributed by atoms with E-state index in [2.05, 4.69) is 0 Å². The summed E-state index contributed by atoms with van der Waals surface area (Å²) in [5.41, 5.74) is 0.521. The Bertz CT molecular complexity index is 278. The van der Waals surface area contributed by atoms with Crippen LogP contribution in [0.4, 0.5) is 0 Å². The monoisotopic (exact) mass is 206 g/mol. The second-order valence-electron chi connectivity index (χ2n) is 4.68. The molecule has 0 aliphatic heterocycles. The molecule has 2 saturated carbocycles. The third-order valence-electron chi connectivity index (χ3n) is 3.46. The van der Waals surface area contributed by atoms with Crippen LogP contribution in [0.5, 0.6) is 0 Å². The Balaban J connectivity index is 2.08.